The van der Waals surface area contributed by atoms with Gasteiger partial charge in [-0.1, -0.05) is 41.7 Å². The van der Waals surface area contributed by atoms with E-state index in [0.717, 1.165) is 10.2 Å². The Labute approximate surface area is 118 Å². The average Bonchev–Trinajstić information content (AvgIpc) is 2.89. The molecule has 1 aromatic heterocycles. The third-order valence-corrected chi connectivity index (χ3v) is 3.30. The van der Waals surface area contributed by atoms with E-state index in [4.69, 9.17) is 9.62 Å². The van der Waals surface area contributed by atoms with E-state index in [1.807, 2.05) is 30.3 Å². The largest absolute Gasteiger partial charge is 0.555 e. The van der Waals surface area contributed by atoms with Crippen LogP contribution < -0.4 is 9.62 Å². The summed E-state index contributed by atoms with van der Waals surface area (Å²) in [6, 6.07) is 16.1. The van der Waals surface area contributed by atoms with Crippen LogP contribution in [0.2, 0.25) is 0 Å². The Morgan fingerprint density at radius 3 is 2.55 bits per heavy atom. The van der Waals surface area contributed by atoms with Crippen molar-refractivity contribution in [3.05, 3.63) is 54.6 Å². The summed E-state index contributed by atoms with van der Waals surface area (Å²) >= 11 is 1.28. The van der Waals surface area contributed by atoms with Gasteiger partial charge >= 0.3 is 11.3 Å². The number of hydrogen-bond donors (Lipinski definition) is 0. The molecule has 0 saturated carbocycles. The van der Waals surface area contributed by atoms with Crippen LogP contribution in [-0.4, -0.2) is 11.1 Å². The van der Waals surface area contributed by atoms with Gasteiger partial charge in [0.1, 0.15) is 5.75 Å². The first-order valence-corrected chi connectivity index (χ1v) is 6.60. The Hall–Kier alpha value is -2.60. The van der Waals surface area contributed by atoms with Gasteiger partial charge in [-0.05, 0) is 24.3 Å². The van der Waals surface area contributed by atoms with Crippen LogP contribution in [0.5, 0.6) is 10.9 Å². The molecule has 0 atom stereocenters. The van der Waals surface area contributed by atoms with Crippen molar-refractivity contribution in [2.45, 2.75) is 0 Å². The van der Waals surface area contributed by atoms with Crippen LogP contribution in [0.25, 0.3) is 10.2 Å². The SMILES string of the molecule is O=C(OOc1nc2ccccc2s1)Oc1ccccc1. The Bertz CT molecular complexity index is 693. The van der Waals surface area contributed by atoms with E-state index in [9.17, 15) is 4.79 Å². The lowest BCUT2D eigenvalue weighted by atomic mass is 10.3. The fraction of sp³-hybridized carbons (Fsp3) is 0. The second-order valence-electron chi connectivity index (χ2n) is 3.78. The van der Waals surface area contributed by atoms with E-state index in [0.29, 0.717) is 5.75 Å². The average molecular weight is 287 g/mol. The predicted octanol–water partition coefficient (Wildman–Crippen LogP) is 3.81. The molecule has 0 aliphatic rings. The zero-order valence-electron chi connectivity index (χ0n) is 10.2. The number of carbonyl (C=O) groups is 1. The van der Waals surface area contributed by atoms with Gasteiger partial charge in [0.2, 0.25) is 0 Å². The standard InChI is InChI=1S/C14H9NO4S/c16-14(17-10-6-2-1-3-7-10)19-18-13-15-11-8-4-5-9-12(11)20-13/h1-9H. The van der Waals surface area contributed by atoms with Crippen LogP contribution in [-0.2, 0) is 4.89 Å². The lowest BCUT2D eigenvalue weighted by Gasteiger charge is -2.02. The molecule has 5 nitrogen and oxygen atoms in total. The summed E-state index contributed by atoms with van der Waals surface area (Å²) in [6.45, 7) is 0. The van der Waals surface area contributed by atoms with Gasteiger partial charge in [-0.3, -0.25) is 4.89 Å². The van der Waals surface area contributed by atoms with Crippen molar-refractivity contribution in [1.29, 1.82) is 0 Å². The molecule has 0 bridgehead atoms. The summed E-state index contributed by atoms with van der Waals surface area (Å²) in [5.74, 6) is 0.380. The molecule has 0 unspecified atom stereocenters. The summed E-state index contributed by atoms with van der Waals surface area (Å²) in [6.07, 6.45) is -0.949. The number of carbonyl (C=O) groups excluding carboxylic acids is 1. The molecular formula is C14H9NO4S. The molecule has 0 aliphatic carbocycles. The van der Waals surface area contributed by atoms with Crippen LogP contribution in [0.3, 0.4) is 0 Å². The van der Waals surface area contributed by atoms with Gasteiger partial charge in [-0.2, -0.15) is 9.78 Å². The second-order valence-corrected chi connectivity index (χ2v) is 4.77. The summed E-state index contributed by atoms with van der Waals surface area (Å²) in [5.41, 5.74) is 0.785. The molecule has 1 heterocycles. The Balaban J connectivity index is 1.60. The van der Waals surface area contributed by atoms with Gasteiger partial charge in [0, 0.05) is 0 Å². The second kappa shape index (κ2) is 5.58. The highest BCUT2D eigenvalue weighted by Crippen LogP contribution is 2.27. The van der Waals surface area contributed by atoms with E-state index < -0.39 is 6.16 Å². The molecule has 6 heteroatoms. The van der Waals surface area contributed by atoms with E-state index in [1.165, 1.54) is 11.3 Å². The van der Waals surface area contributed by atoms with E-state index in [1.54, 1.807) is 24.3 Å². The topological polar surface area (TPSA) is 57.7 Å². The van der Waals surface area contributed by atoms with Crippen molar-refractivity contribution < 1.29 is 19.3 Å². The summed E-state index contributed by atoms with van der Waals surface area (Å²) in [4.78, 5) is 25.0. The highest BCUT2D eigenvalue weighted by Gasteiger charge is 2.11. The molecule has 0 spiro atoms. The number of fused-ring (bicyclic) bond motifs is 1. The van der Waals surface area contributed by atoms with E-state index in [-0.39, 0.29) is 5.19 Å². The Kier molecular flexibility index (Phi) is 3.47. The highest BCUT2D eigenvalue weighted by molar-refractivity contribution is 7.20. The van der Waals surface area contributed by atoms with Gasteiger partial charge in [0.25, 0.3) is 0 Å². The maximum atomic E-state index is 11.4. The molecule has 0 fully saturated rings. The van der Waals surface area contributed by atoms with Crippen molar-refractivity contribution in [2.24, 2.45) is 0 Å². The van der Waals surface area contributed by atoms with E-state index >= 15 is 0 Å². The minimum atomic E-state index is -0.949. The summed E-state index contributed by atoms with van der Waals surface area (Å²) in [5, 5.41) is 0.246. The number of hydrogen-bond acceptors (Lipinski definition) is 6. The number of aromatic nitrogens is 1. The highest BCUT2D eigenvalue weighted by atomic mass is 32.1. The number of ether oxygens (including phenoxy) is 1. The van der Waals surface area contributed by atoms with Crippen LogP contribution in [0.1, 0.15) is 0 Å². The minimum Gasteiger partial charge on any atom is -0.393 e. The van der Waals surface area contributed by atoms with Crippen molar-refractivity contribution in [2.75, 3.05) is 0 Å². The molecule has 0 amide bonds. The van der Waals surface area contributed by atoms with Crippen molar-refractivity contribution in [3.8, 4) is 10.9 Å². The van der Waals surface area contributed by atoms with Gasteiger partial charge in [0.15, 0.2) is 0 Å². The lowest BCUT2D eigenvalue weighted by molar-refractivity contribution is -0.157. The van der Waals surface area contributed by atoms with Gasteiger partial charge in [-0.25, -0.2) is 4.89 Å². The third-order valence-electron chi connectivity index (χ3n) is 2.40. The summed E-state index contributed by atoms with van der Waals surface area (Å²) in [7, 11) is 0. The van der Waals surface area contributed by atoms with Crippen molar-refractivity contribution >= 4 is 27.7 Å². The van der Waals surface area contributed by atoms with Crippen molar-refractivity contribution in [3.63, 3.8) is 0 Å². The van der Waals surface area contributed by atoms with Crippen LogP contribution in [0.4, 0.5) is 4.79 Å². The molecule has 0 aliphatic heterocycles. The van der Waals surface area contributed by atoms with Gasteiger partial charge in [0.05, 0.1) is 10.2 Å². The maximum Gasteiger partial charge on any atom is 0.555 e. The quantitative estimate of drug-likeness (QED) is 0.317. The molecular weight excluding hydrogens is 278 g/mol. The molecule has 0 radical (unpaired) electrons. The molecule has 0 saturated heterocycles. The first-order valence-electron chi connectivity index (χ1n) is 5.78. The minimum absolute atomic E-state index is 0.246. The molecule has 3 aromatic rings. The van der Waals surface area contributed by atoms with Gasteiger partial charge < -0.3 is 4.74 Å². The smallest absolute Gasteiger partial charge is 0.393 e. The number of nitrogens with zero attached hydrogens (tertiary/aromatic N) is 1. The Morgan fingerprint density at radius 2 is 1.75 bits per heavy atom. The normalized spacial score (nSPS) is 10.2. The van der Waals surface area contributed by atoms with Crippen LogP contribution in [0.15, 0.2) is 54.6 Å². The zero-order valence-corrected chi connectivity index (χ0v) is 11.0. The van der Waals surface area contributed by atoms with E-state index in [2.05, 4.69) is 9.87 Å². The van der Waals surface area contributed by atoms with Gasteiger partial charge in [-0.15, -0.1) is 0 Å². The van der Waals surface area contributed by atoms with Crippen molar-refractivity contribution in [1.82, 2.24) is 4.98 Å². The Morgan fingerprint density at radius 1 is 1.00 bits per heavy atom. The lowest BCUT2D eigenvalue weighted by Crippen LogP contribution is -2.12. The third kappa shape index (κ3) is 2.86. The monoisotopic (exact) mass is 287 g/mol. The first kappa shape index (κ1) is 12.4. The zero-order chi connectivity index (χ0) is 13.8. The predicted molar refractivity (Wildman–Crippen MR) is 73.8 cm³/mol. The van der Waals surface area contributed by atoms with Crippen LogP contribution >= 0.6 is 11.3 Å². The molecule has 100 valence electrons. The molecule has 3 rings (SSSR count). The summed E-state index contributed by atoms with van der Waals surface area (Å²) < 4.78 is 5.85. The number of thiazole rings is 1. The first-order chi connectivity index (χ1) is 9.81. The maximum absolute atomic E-state index is 11.4. The molecule has 0 N–H and O–H groups in total. The number of benzene rings is 2. The molecule has 2 aromatic carbocycles. The van der Waals surface area contributed by atoms with Crippen LogP contribution in [0, 0.1) is 0 Å². The number of para-hydroxylation sites is 2. The fourth-order valence-corrected chi connectivity index (χ4v) is 2.32. The fourth-order valence-electron chi connectivity index (χ4n) is 1.56. The number of rotatable bonds is 3. The molecule has 20 heavy (non-hydrogen) atoms.